The normalized spacial score (nSPS) is 11.5. The van der Waals surface area contributed by atoms with E-state index in [-0.39, 0.29) is 12.6 Å². The molecule has 0 fully saturated rings. The van der Waals surface area contributed by atoms with Crippen molar-refractivity contribution >= 4 is 5.97 Å². The first-order chi connectivity index (χ1) is 10.4. The average Bonchev–Trinajstić information content (AvgIpc) is 2.92. The third-order valence-electron chi connectivity index (χ3n) is 3.07. The Morgan fingerprint density at radius 2 is 1.91 bits per heavy atom. The van der Waals surface area contributed by atoms with E-state index in [1.165, 1.54) is 0 Å². The van der Waals surface area contributed by atoms with Crippen molar-refractivity contribution in [3.8, 4) is 11.1 Å². The molecule has 2 aromatic rings. The van der Waals surface area contributed by atoms with Crippen LogP contribution in [0.15, 0.2) is 36.7 Å². The molecule has 0 radical (unpaired) electrons. The molecule has 0 aliphatic heterocycles. The minimum Gasteiger partial charge on any atom is -0.460 e. The number of esters is 1. The van der Waals surface area contributed by atoms with Crippen molar-refractivity contribution in [3.63, 3.8) is 0 Å². The van der Waals surface area contributed by atoms with Crippen LogP contribution in [-0.4, -0.2) is 26.5 Å². The SMILES string of the molecule is CC(C)(C)OC(=O)CCn1cc(-c2ccc(CO)cc2)cn1. The largest absolute Gasteiger partial charge is 0.460 e. The maximum absolute atomic E-state index is 11.7. The van der Waals surface area contributed by atoms with Crippen LogP contribution in [0.4, 0.5) is 0 Å². The molecule has 0 bridgehead atoms. The Bertz CT molecular complexity index is 624. The summed E-state index contributed by atoms with van der Waals surface area (Å²) in [6.45, 7) is 6.09. The molecule has 0 spiro atoms. The fraction of sp³-hybridized carbons (Fsp3) is 0.412. The molecular weight excluding hydrogens is 280 g/mol. The lowest BCUT2D eigenvalue weighted by atomic mass is 10.1. The van der Waals surface area contributed by atoms with Crippen molar-refractivity contribution in [1.82, 2.24) is 9.78 Å². The number of carbonyl (C=O) groups excluding carboxylic acids is 1. The van der Waals surface area contributed by atoms with Gasteiger partial charge in [0.25, 0.3) is 0 Å². The minimum atomic E-state index is -0.458. The van der Waals surface area contributed by atoms with Crippen LogP contribution in [-0.2, 0) is 22.7 Å². The average molecular weight is 302 g/mol. The van der Waals surface area contributed by atoms with Gasteiger partial charge in [-0.1, -0.05) is 24.3 Å². The fourth-order valence-corrected chi connectivity index (χ4v) is 2.04. The van der Waals surface area contributed by atoms with Gasteiger partial charge in [-0.2, -0.15) is 5.10 Å². The summed E-state index contributed by atoms with van der Waals surface area (Å²) in [6.07, 6.45) is 3.96. The number of nitrogens with zero attached hydrogens (tertiary/aromatic N) is 2. The second kappa shape index (κ2) is 6.75. The number of carbonyl (C=O) groups is 1. The minimum absolute atomic E-state index is 0.0371. The molecule has 0 aliphatic rings. The van der Waals surface area contributed by atoms with Gasteiger partial charge in [0.15, 0.2) is 0 Å². The van der Waals surface area contributed by atoms with Crippen LogP contribution in [0, 0.1) is 0 Å². The van der Waals surface area contributed by atoms with Crippen LogP contribution in [0.2, 0.25) is 0 Å². The first-order valence-electron chi connectivity index (χ1n) is 7.32. The van der Waals surface area contributed by atoms with Crippen molar-refractivity contribution in [3.05, 3.63) is 42.2 Å². The highest BCUT2D eigenvalue weighted by atomic mass is 16.6. The quantitative estimate of drug-likeness (QED) is 0.863. The molecule has 5 heteroatoms. The van der Waals surface area contributed by atoms with Gasteiger partial charge in [0.1, 0.15) is 5.60 Å². The molecule has 0 saturated carbocycles. The first-order valence-corrected chi connectivity index (χ1v) is 7.32. The lowest BCUT2D eigenvalue weighted by molar-refractivity contribution is -0.155. The van der Waals surface area contributed by atoms with E-state index in [0.29, 0.717) is 13.0 Å². The molecule has 5 nitrogen and oxygen atoms in total. The highest BCUT2D eigenvalue weighted by Crippen LogP contribution is 2.19. The summed E-state index contributed by atoms with van der Waals surface area (Å²) in [4.78, 5) is 11.7. The van der Waals surface area contributed by atoms with E-state index in [9.17, 15) is 4.79 Å². The summed E-state index contributed by atoms with van der Waals surface area (Å²) in [5.41, 5.74) is 2.43. The van der Waals surface area contributed by atoms with Crippen LogP contribution >= 0.6 is 0 Å². The van der Waals surface area contributed by atoms with Crippen molar-refractivity contribution in [2.24, 2.45) is 0 Å². The highest BCUT2D eigenvalue weighted by Gasteiger charge is 2.16. The molecule has 22 heavy (non-hydrogen) atoms. The number of hydrogen-bond donors (Lipinski definition) is 1. The summed E-state index contributed by atoms with van der Waals surface area (Å²) in [7, 11) is 0. The van der Waals surface area contributed by atoms with Gasteiger partial charge in [0.2, 0.25) is 0 Å². The zero-order valence-corrected chi connectivity index (χ0v) is 13.2. The Labute approximate surface area is 130 Å². The summed E-state index contributed by atoms with van der Waals surface area (Å²) in [5, 5.41) is 13.3. The van der Waals surface area contributed by atoms with Gasteiger partial charge in [-0.15, -0.1) is 0 Å². The third kappa shape index (κ3) is 4.70. The van der Waals surface area contributed by atoms with Gasteiger partial charge in [0.05, 0.1) is 25.8 Å². The predicted octanol–water partition coefficient (Wildman–Crippen LogP) is 2.77. The number of hydrogen-bond acceptors (Lipinski definition) is 4. The maximum Gasteiger partial charge on any atom is 0.308 e. The van der Waals surface area contributed by atoms with Crippen LogP contribution < -0.4 is 0 Å². The number of aromatic nitrogens is 2. The zero-order valence-electron chi connectivity index (χ0n) is 13.2. The van der Waals surface area contributed by atoms with E-state index in [1.807, 2.05) is 51.2 Å². The number of aliphatic hydroxyl groups excluding tert-OH is 1. The van der Waals surface area contributed by atoms with Gasteiger partial charge in [0, 0.05) is 11.8 Å². The van der Waals surface area contributed by atoms with Crippen LogP contribution in [0.5, 0.6) is 0 Å². The Morgan fingerprint density at radius 3 is 2.50 bits per heavy atom. The van der Waals surface area contributed by atoms with Crippen molar-refractivity contribution < 1.29 is 14.6 Å². The van der Waals surface area contributed by atoms with E-state index >= 15 is 0 Å². The monoisotopic (exact) mass is 302 g/mol. The fourth-order valence-electron chi connectivity index (χ4n) is 2.04. The van der Waals surface area contributed by atoms with Gasteiger partial charge in [-0.3, -0.25) is 9.48 Å². The summed E-state index contributed by atoms with van der Waals surface area (Å²) >= 11 is 0. The van der Waals surface area contributed by atoms with Crippen LogP contribution in [0.25, 0.3) is 11.1 Å². The molecule has 118 valence electrons. The second-order valence-electron chi connectivity index (χ2n) is 6.18. The maximum atomic E-state index is 11.7. The molecule has 0 unspecified atom stereocenters. The van der Waals surface area contributed by atoms with Crippen molar-refractivity contribution in [2.75, 3.05) is 0 Å². The van der Waals surface area contributed by atoms with Gasteiger partial charge in [-0.05, 0) is 31.9 Å². The van der Waals surface area contributed by atoms with E-state index in [0.717, 1.165) is 16.7 Å². The Morgan fingerprint density at radius 1 is 1.23 bits per heavy atom. The number of aryl methyl sites for hydroxylation is 1. The molecule has 1 heterocycles. The summed E-state index contributed by atoms with van der Waals surface area (Å²) in [6, 6.07) is 7.66. The summed E-state index contributed by atoms with van der Waals surface area (Å²) in [5.74, 6) is -0.225. The van der Waals surface area contributed by atoms with E-state index in [4.69, 9.17) is 9.84 Å². The number of rotatable bonds is 5. The van der Waals surface area contributed by atoms with Crippen LogP contribution in [0.1, 0.15) is 32.8 Å². The topological polar surface area (TPSA) is 64.3 Å². The Balaban J connectivity index is 1.95. The Hall–Kier alpha value is -2.14. The van der Waals surface area contributed by atoms with E-state index in [1.54, 1.807) is 10.9 Å². The highest BCUT2D eigenvalue weighted by molar-refractivity contribution is 5.69. The molecule has 1 aromatic carbocycles. The molecular formula is C17H22N2O3. The van der Waals surface area contributed by atoms with Gasteiger partial charge in [-0.25, -0.2) is 0 Å². The van der Waals surface area contributed by atoms with Crippen molar-refractivity contribution in [2.45, 2.75) is 45.9 Å². The molecule has 2 rings (SSSR count). The Kier molecular flexibility index (Phi) is 4.98. The first kappa shape index (κ1) is 16.2. The van der Waals surface area contributed by atoms with E-state index < -0.39 is 5.60 Å². The van der Waals surface area contributed by atoms with Gasteiger partial charge < -0.3 is 9.84 Å². The zero-order chi connectivity index (χ0) is 16.2. The number of aliphatic hydroxyl groups is 1. The van der Waals surface area contributed by atoms with Crippen molar-refractivity contribution in [1.29, 1.82) is 0 Å². The molecule has 0 aliphatic carbocycles. The number of benzene rings is 1. The lowest BCUT2D eigenvalue weighted by Crippen LogP contribution is -2.24. The molecule has 0 saturated heterocycles. The summed E-state index contributed by atoms with van der Waals surface area (Å²) < 4.78 is 7.01. The molecule has 0 atom stereocenters. The van der Waals surface area contributed by atoms with E-state index in [2.05, 4.69) is 5.10 Å². The number of ether oxygens (including phenoxy) is 1. The smallest absolute Gasteiger partial charge is 0.308 e. The molecule has 0 amide bonds. The second-order valence-corrected chi connectivity index (χ2v) is 6.18. The predicted molar refractivity (Wildman–Crippen MR) is 84.0 cm³/mol. The molecule has 1 aromatic heterocycles. The standard InChI is InChI=1S/C17H22N2O3/c1-17(2,3)22-16(21)8-9-19-11-15(10-18-19)14-6-4-13(12-20)5-7-14/h4-7,10-11,20H,8-9,12H2,1-3H3. The lowest BCUT2D eigenvalue weighted by Gasteiger charge is -2.19. The molecule has 1 N–H and O–H groups in total. The van der Waals surface area contributed by atoms with Gasteiger partial charge >= 0.3 is 5.97 Å². The third-order valence-corrected chi connectivity index (χ3v) is 3.07. The van der Waals surface area contributed by atoms with Crippen LogP contribution in [0.3, 0.4) is 0 Å².